The summed E-state index contributed by atoms with van der Waals surface area (Å²) in [5.74, 6) is -1.31. The van der Waals surface area contributed by atoms with Crippen LogP contribution < -0.4 is 5.32 Å². The summed E-state index contributed by atoms with van der Waals surface area (Å²) >= 11 is 0. The number of carbonyl (C=O) groups is 2. The highest BCUT2D eigenvalue weighted by Gasteiger charge is 2.17. The van der Waals surface area contributed by atoms with Crippen molar-refractivity contribution in [2.45, 2.75) is 32.7 Å². The Morgan fingerprint density at radius 3 is 2.68 bits per heavy atom. The zero-order valence-corrected chi connectivity index (χ0v) is 15.5. The Morgan fingerprint density at radius 2 is 2.04 bits per heavy atom. The van der Waals surface area contributed by atoms with E-state index in [0.717, 1.165) is 5.69 Å². The van der Waals surface area contributed by atoms with Crippen LogP contribution in [-0.4, -0.2) is 41.8 Å². The second-order valence-electron chi connectivity index (χ2n) is 6.66. The van der Waals surface area contributed by atoms with Gasteiger partial charge >= 0.3 is 5.97 Å². The maximum Gasteiger partial charge on any atom is 0.339 e. The zero-order valence-electron chi connectivity index (χ0n) is 15.5. The van der Waals surface area contributed by atoms with Gasteiger partial charge in [0.1, 0.15) is 17.0 Å². The van der Waals surface area contributed by atoms with Crippen LogP contribution in [0.2, 0.25) is 0 Å². The van der Waals surface area contributed by atoms with Gasteiger partial charge in [-0.15, -0.1) is 0 Å². The summed E-state index contributed by atoms with van der Waals surface area (Å²) in [6, 6.07) is 5.04. The van der Waals surface area contributed by atoms with Gasteiger partial charge in [-0.25, -0.2) is 4.79 Å². The van der Waals surface area contributed by atoms with Crippen molar-refractivity contribution in [1.82, 2.24) is 19.7 Å². The largest absolute Gasteiger partial charge is 0.506 e. The molecule has 0 aliphatic carbocycles. The van der Waals surface area contributed by atoms with Crippen molar-refractivity contribution < 1.29 is 19.8 Å². The average Bonchev–Trinajstić information content (AvgIpc) is 3.28. The van der Waals surface area contributed by atoms with Gasteiger partial charge < -0.3 is 20.1 Å². The molecule has 3 aromatic rings. The van der Waals surface area contributed by atoms with Crippen LogP contribution in [0.5, 0.6) is 5.75 Å². The Labute approximate surface area is 161 Å². The molecule has 9 heteroatoms. The summed E-state index contributed by atoms with van der Waals surface area (Å²) in [6.07, 6.45) is 5.03. The van der Waals surface area contributed by atoms with Crippen LogP contribution in [0.3, 0.4) is 0 Å². The van der Waals surface area contributed by atoms with Gasteiger partial charge in [0.15, 0.2) is 0 Å². The number of hydrogen-bond acceptors (Lipinski definition) is 5. The minimum atomic E-state index is -1.09. The van der Waals surface area contributed by atoms with Gasteiger partial charge in [0, 0.05) is 30.6 Å². The van der Waals surface area contributed by atoms with Gasteiger partial charge in [-0.2, -0.15) is 5.10 Å². The minimum Gasteiger partial charge on any atom is -0.506 e. The molecule has 0 saturated heterocycles. The van der Waals surface area contributed by atoms with E-state index in [1.807, 2.05) is 13.8 Å². The number of aryl methyl sites for hydroxylation is 1. The van der Waals surface area contributed by atoms with Gasteiger partial charge in [0.2, 0.25) is 5.91 Å². The van der Waals surface area contributed by atoms with Crippen molar-refractivity contribution in [1.29, 1.82) is 0 Å². The van der Waals surface area contributed by atoms with Crippen LogP contribution in [-0.2, 0) is 11.2 Å². The molecule has 0 aromatic carbocycles. The smallest absolute Gasteiger partial charge is 0.339 e. The number of amides is 1. The third-order valence-corrected chi connectivity index (χ3v) is 4.21. The SMILES string of the molecule is CC(C)n1cc(NC(=O)CCc2cc(-c3ccc(O)cn3)n[nH]2)c(C(=O)O)c1. The predicted octanol–water partition coefficient (Wildman–Crippen LogP) is 2.83. The van der Waals surface area contributed by atoms with Gasteiger partial charge in [-0.3, -0.25) is 14.9 Å². The molecular formula is C19H21N5O4. The number of nitrogens with one attached hydrogen (secondary N) is 2. The number of pyridine rings is 1. The lowest BCUT2D eigenvalue weighted by Gasteiger charge is -2.06. The molecule has 0 bridgehead atoms. The van der Waals surface area contributed by atoms with E-state index in [0.29, 0.717) is 17.8 Å². The number of hydrogen-bond donors (Lipinski definition) is 4. The molecular weight excluding hydrogens is 362 g/mol. The number of carboxylic acids is 1. The van der Waals surface area contributed by atoms with Crippen molar-refractivity contribution in [3.05, 3.63) is 48.0 Å². The fourth-order valence-electron chi connectivity index (χ4n) is 2.66. The maximum atomic E-state index is 12.3. The number of carbonyl (C=O) groups excluding carboxylic acids is 1. The number of aromatic amines is 1. The van der Waals surface area contributed by atoms with E-state index >= 15 is 0 Å². The molecule has 0 radical (unpaired) electrons. The topological polar surface area (TPSA) is 133 Å². The molecule has 0 atom stereocenters. The van der Waals surface area contributed by atoms with E-state index in [1.165, 1.54) is 18.5 Å². The number of rotatable bonds is 7. The minimum absolute atomic E-state index is 0.0595. The Morgan fingerprint density at radius 1 is 1.25 bits per heavy atom. The first-order chi connectivity index (χ1) is 13.3. The summed E-state index contributed by atoms with van der Waals surface area (Å²) < 4.78 is 1.74. The molecule has 4 N–H and O–H groups in total. The summed E-state index contributed by atoms with van der Waals surface area (Å²) in [6.45, 7) is 3.85. The second-order valence-corrected chi connectivity index (χ2v) is 6.66. The molecule has 146 valence electrons. The zero-order chi connectivity index (χ0) is 20.3. The molecule has 3 rings (SSSR count). The van der Waals surface area contributed by atoms with Crippen LogP contribution in [0.1, 0.15) is 42.4 Å². The van der Waals surface area contributed by atoms with Crippen LogP contribution in [0.25, 0.3) is 11.4 Å². The number of carboxylic acid groups (broad SMARTS) is 1. The Kier molecular flexibility index (Phi) is 5.44. The maximum absolute atomic E-state index is 12.3. The van der Waals surface area contributed by atoms with Gasteiger partial charge in [-0.1, -0.05) is 0 Å². The summed E-state index contributed by atoms with van der Waals surface area (Å²) in [4.78, 5) is 27.7. The number of aromatic carboxylic acids is 1. The van der Waals surface area contributed by atoms with Crippen molar-refractivity contribution in [3.8, 4) is 17.1 Å². The normalized spacial score (nSPS) is 11.0. The summed E-state index contributed by atoms with van der Waals surface area (Å²) in [5.41, 5.74) is 2.30. The molecule has 0 saturated carbocycles. The number of anilines is 1. The molecule has 0 unspecified atom stereocenters. The standard InChI is InChI=1S/C19H21N5O4/c1-11(2)24-9-14(19(27)28)17(10-24)21-18(26)6-3-12-7-16(23-22-12)15-5-4-13(25)8-20-15/h4-5,7-11,25H,3,6H2,1-2H3,(H,21,26)(H,22,23)(H,27,28). The molecule has 3 aromatic heterocycles. The lowest BCUT2D eigenvalue weighted by Crippen LogP contribution is -2.14. The predicted molar refractivity (Wildman–Crippen MR) is 102 cm³/mol. The molecule has 0 aliphatic rings. The lowest BCUT2D eigenvalue weighted by molar-refractivity contribution is -0.116. The second kappa shape index (κ2) is 7.95. The van der Waals surface area contributed by atoms with E-state index < -0.39 is 5.97 Å². The van der Waals surface area contributed by atoms with E-state index in [9.17, 15) is 19.8 Å². The first-order valence-electron chi connectivity index (χ1n) is 8.77. The van der Waals surface area contributed by atoms with E-state index in [-0.39, 0.29) is 35.4 Å². The Bertz CT molecular complexity index is 988. The van der Waals surface area contributed by atoms with Gasteiger partial charge in [-0.05, 0) is 38.5 Å². The quantitative estimate of drug-likeness (QED) is 0.496. The van der Waals surface area contributed by atoms with Crippen LogP contribution in [0, 0.1) is 0 Å². The van der Waals surface area contributed by atoms with Crippen LogP contribution >= 0.6 is 0 Å². The Hall–Kier alpha value is -3.62. The van der Waals surface area contributed by atoms with Crippen molar-refractivity contribution in [2.75, 3.05) is 5.32 Å². The molecule has 0 spiro atoms. The van der Waals surface area contributed by atoms with E-state index in [4.69, 9.17) is 0 Å². The van der Waals surface area contributed by atoms with E-state index in [2.05, 4.69) is 20.5 Å². The summed E-state index contributed by atoms with van der Waals surface area (Å²) in [5, 5.41) is 28.3. The number of H-pyrrole nitrogens is 1. The average molecular weight is 383 g/mol. The fraction of sp³-hybridized carbons (Fsp3) is 0.263. The molecule has 3 heterocycles. The first kappa shape index (κ1) is 19.2. The van der Waals surface area contributed by atoms with Crippen LogP contribution in [0.15, 0.2) is 36.8 Å². The number of aromatic hydroxyl groups is 1. The fourth-order valence-corrected chi connectivity index (χ4v) is 2.66. The van der Waals surface area contributed by atoms with Crippen molar-refractivity contribution in [3.63, 3.8) is 0 Å². The molecule has 0 aliphatic heterocycles. The van der Waals surface area contributed by atoms with Gasteiger partial charge in [0.05, 0.1) is 17.6 Å². The highest BCUT2D eigenvalue weighted by atomic mass is 16.4. The molecule has 28 heavy (non-hydrogen) atoms. The third-order valence-electron chi connectivity index (χ3n) is 4.21. The number of nitrogens with zero attached hydrogens (tertiary/aromatic N) is 3. The monoisotopic (exact) mass is 383 g/mol. The van der Waals surface area contributed by atoms with Gasteiger partial charge in [0.25, 0.3) is 0 Å². The number of aromatic nitrogens is 4. The van der Waals surface area contributed by atoms with E-state index in [1.54, 1.807) is 22.9 Å². The Balaban J connectivity index is 1.62. The van der Waals surface area contributed by atoms with Crippen LogP contribution in [0.4, 0.5) is 5.69 Å². The highest BCUT2D eigenvalue weighted by Crippen LogP contribution is 2.21. The third kappa shape index (κ3) is 4.37. The van der Waals surface area contributed by atoms with Crippen molar-refractivity contribution >= 4 is 17.6 Å². The molecule has 1 amide bonds. The molecule has 9 nitrogen and oxygen atoms in total. The summed E-state index contributed by atoms with van der Waals surface area (Å²) in [7, 11) is 0. The lowest BCUT2D eigenvalue weighted by atomic mass is 10.2. The molecule has 0 fully saturated rings. The van der Waals surface area contributed by atoms with Crippen molar-refractivity contribution in [2.24, 2.45) is 0 Å². The highest BCUT2D eigenvalue weighted by molar-refractivity contribution is 6.00. The first-order valence-corrected chi connectivity index (χ1v) is 8.77.